The lowest BCUT2D eigenvalue weighted by atomic mass is 10.0. The number of H-pyrrole nitrogens is 1. The van der Waals surface area contributed by atoms with E-state index >= 15 is 0 Å². The highest BCUT2D eigenvalue weighted by molar-refractivity contribution is 5.86. The number of nitrogens with one attached hydrogen (secondary N) is 2. The van der Waals surface area contributed by atoms with E-state index in [1.165, 1.54) is 58.1 Å². The molecule has 2 aliphatic rings. The highest BCUT2D eigenvalue weighted by atomic mass is 15.2. The molecule has 5 nitrogen and oxygen atoms in total. The quantitative estimate of drug-likeness (QED) is 0.906. The summed E-state index contributed by atoms with van der Waals surface area (Å²) in [4.78, 5) is 13.8. The summed E-state index contributed by atoms with van der Waals surface area (Å²) < 4.78 is 0. The summed E-state index contributed by atoms with van der Waals surface area (Å²) in [6.45, 7) is 6.50. The first-order valence-electron chi connectivity index (χ1n) is 9.00. The zero-order valence-electron chi connectivity index (χ0n) is 14.4. The minimum Gasteiger partial charge on any atom is -0.372 e. The Hall–Kier alpha value is -1.62. The molecule has 2 unspecified atom stereocenters. The van der Waals surface area contributed by atoms with Crippen LogP contribution in [-0.4, -0.2) is 46.5 Å². The molecule has 0 spiro atoms. The minimum absolute atomic E-state index is 0.858. The molecule has 0 amide bonds. The van der Waals surface area contributed by atoms with Gasteiger partial charge in [0.1, 0.15) is 17.8 Å². The summed E-state index contributed by atoms with van der Waals surface area (Å²) >= 11 is 0. The predicted octanol–water partition coefficient (Wildman–Crippen LogP) is 3.52. The summed E-state index contributed by atoms with van der Waals surface area (Å²) in [6, 6.07) is 1.95. The van der Waals surface area contributed by atoms with Crippen molar-refractivity contribution in [3.05, 3.63) is 18.6 Å². The molecule has 2 aromatic rings. The van der Waals surface area contributed by atoms with Gasteiger partial charge in [-0.15, -0.1) is 0 Å². The van der Waals surface area contributed by atoms with Gasteiger partial charge in [-0.25, -0.2) is 9.97 Å². The Bertz CT molecular complexity index is 596. The molecule has 5 heteroatoms. The van der Waals surface area contributed by atoms with E-state index in [2.05, 4.69) is 32.1 Å². The van der Waals surface area contributed by atoms with Gasteiger partial charge >= 0.3 is 0 Å². The highest BCUT2D eigenvalue weighted by Gasteiger charge is 2.35. The van der Waals surface area contributed by atoms with E-state index < -0.39 is 0 Å². The Labute approximate surface area is 138 Å². The first-order chi connectivity index (χ1) is 11.3. The van der Waals surface area contributed by atoms with Crippen molar-refractivity contribution in [1.29, 1.82) is 0 Å². The lowest BCUT2D eigenvalue weighted by molar-refractivity contribution is 0.306. The Kier molecular flexibility index (Phi) is 5.49. The number of hydrogen-bond donors (Lipinski definition) is 2. The van der Waals surface area contributed by atoms with Crippen LogP contribution < -0.4 is 5.32 Å². The third kappa shape index (κ3) is 3.83. The monoisotopic (exact) mass is 315 g/mol. The fourth-order valence-corrected chi connectivity index (χ4v) is 3.97. The molecule has 2 atom stereocenters. The van der Waals surface area contributed by atoms with Crippen molar-refractivity contribution >= 4 is 16.9 Å². The average molecular weight is 315 g/mol. The number of nitrogens with zero attached hydrogens (tertiary/aromatic N) is 3. The number of fused-ring (bicyclic) bond motifs is 2. The van der Waals surface area contributed by atoms with Crippen molar-refractivity contribution in [3.8, 4) is 0 Å². The zero-order chi connectivity index (χ0) is 16.1. The van der Waals surface area contributed by atoms with Crippen molar-refractivity contribution in [3.63, 3.8) is 0 Å². The van der Waals surface area contributed by atoms with Gasteiger partial charge < -0.3 is 15.2 Å². The van der Waals surface area contributed by atoms with E-state index in [1.807, 2.05) is 19.3 Å². The van der Waals surface area contributed by atoms with Crippen LogP contribution in [0.5, 0.6) is 0 Å². The van der Waals surface area contributed by atoms with Crippen LogP contribution in [0, 0.1) is 11.8 Å². The molecule has 4 rings (SSSR count). The fourth-order valence-electron chi connectivity index (χ4n) is 3.97. The summed E-state index contributed by atoms with van der Waals surface area (Å²) in [6.07, 6.45) is 10.7. The fraction of sp³-hybridized carbons (Fsp3) is 0.667. The maximum Gasteiger partial charge on any atom is 0.142 e. The maximum absolute atomic E-state index is 4.06. The molecule has 1 saturated carbocycles. The SMILES string of the molecule is CCCCN1CC2CCCC2C1.CNc1ncnc2[nH]ccc12. The Balaban J connectivity index is 0.000000136. The smallest absolute Gasteiger partial charge is 0.142 e. The van der Waals surface area contributed by atoms with Crippen LogP contribution in [0.15, 0.2) is 18.6 Å². The third-order valence-electron chi connectivity index (χ3n) is 5.22. The van der Waals surface area contributed by atoms with Gasteiger partial charge in [-0.1, -0.05) is 19.8 Å². The van der Waals surface area contributed by atoms with Gasteiger partial charge in [-0.2, -0.15) is 0 Å². The third-order valence-corrected chi connectivity index (χ3v) is 5.22. The molecule has 0 bridgehead atoms. The molecule has 1 aliphatic heterocycles. The molecule has 23 heavy (non-hydrogen) atoms. The molecule has 126 valence electrons. The van der Waals surface area contributed by atoms with Gasteiger partial charge in [0, 0.05) is 26.3 Å². The lowest BCUT2D eigenvalue weighted by Crippen LogP contribution is -2.22. The van der Waals surface area contributed by atoms with Crippen LogP contribution in [0.3, 0.4) is 0 Å². The van der Waals surface area contributed by atoms with Gasteiger partial charge in [0.15, 0.2) is 0 Å². The number of unbranched alkanes of at least 4 members (excludes halogenated alkanes) is 1. The van der Waals surface area contributed by atoms with Gasteiger partial charge in [0.25, 0.3) is 0 Å². The minimum atomic E-state index is 0.858. The van der Waals surface area contributed by atoms with Crippen LogP contribution >= 0.6 is 0 Å². The molecular formula is C18H29N5. The van der Waals surface area contributed by atoms with Gasteiger partial charge in [-0.05, 0) is 43.7 Å². The summed E-state index contributed by atoms with van der Waals surface area (Å²) in [5.74, 6) is 3.03. The summed E-state index contributed by atoms with van der Waals surface area (Å²) in [5.41, 5.74) is 0.865. The van der Waals surface area contributed by atoms with E-state index in [1.54, 1.807) is 0 Å². The van der Waals surface area contributed by atoms with Crippen LogP contribution in [0.25, 0.3) is 11.0 Å². The van der Waals surface area contributed by atoms with E-state index in [0.29, 0.717) is 0 Å². The first kappa shape index (κ1) is 16.2. The number of likely N-dealkylation sites (tertiary alicyclic amines) is 1. The Morgan fingerprint density at radius 3 is 2.74 bits per heavy atom. The predicted molar refractivity (Wildman–Crippen MR) is 95.6 cm³/mol. The number of aromatic amines is 1. The van der Waals surface area contributed by atoms with Crippen molar-refractivity contribution in [2.75, 3.05) is 32.0 Å². The molecule has 0 radical (unpaired) electrons. The molecule has 1 aliphatic carbocycles. The molecular weight excluding hydrogens is 286 g/mol. The van der Waals surface area contributed by atoms with Crippen molar-refractivity contribution in [1.82, 2.24) is 19.9 Å². The molecule has 0 aromatic carbocycles. The van der Waals surface area contributed by atoms with E-state index in [9.17, 15) is 0 Å². The van der Waals surface area contributed by atoms with Gasteiger partial charge in [0.05, 0.1) is 5.39 Å². The average Bonchev–Trinajstić information content (AvgIpc) is 3.28. The lowest BCUT2D eigenvalue weighted by Gasteiger charge is -2.15. The van der Waals surface area contributed by atoms with Crippen molar-refractivity contribution < 1.29 is 0 Å². The van der Waals surface area contributed by atoms with Crippen LogP contribution in [0.2, 0.25) is 0 Å². The van der Waals surface area contributed by atoms with Crippen LogP contribution in [0.4, 0.5) is 5.82 Å². The molecule has 1 saturated heterocycles. The standard InChI is InChI=1S/C11H21N.C7H8N4/c1-2-3-7-12-8-10-5-4-6-11(10)9-12;1-8-6-5-2-3-9-7(5)11-4-10-6/h10-11H,2-9H2,1H3;2-4H,1H3,(H2,8,9,10,11). The molecule has 2 N–H and O–H groups in total. The highest BCUT2D eigenvalue weighted by Crippen LogP contribution is 2.37. The van der Waals surface area contributed by atoms with Crippen LogP contribution in [-0.2, 0) is 0 Å². The summed E-state index contributed by atoms with van der Waals surface area (Å²) in [7, 11) is 1.84. The Morgan fingerprint density at radius 1 is 1.26 bits per heavy atom. The number of hydrogen-bond acceptors (Lipinski definition) is 4. The molecule has 2 aromatic heterocycles. The van der Waals surface area contributed by atoms with E-state index in [-0.39, 0.29) is 0 Å². The largest absolute Gasteiger partial charge is 0.372 e. The maximum atomic E-state index is 4.06. The van der Waals surface area contributed by atoms with Crippen molar-refractivity contribution in [2.45, 2.75) is 39.0 Å². The zero-order valence-corrected chi connectivity index (χ0v) is 14.4. The number of rotatable bonds is 4. The molecule has 3 heterocycles. The second kappa shape index (κ2) is 7.77. The Morgan fingerprint density at radius 2 is 2.04 bits per heavy atom. The topological polar surface area (TPSA) is 56.8 Å². The number of aromatic nitrogens is 3. The van der Waals surface area contributed by atoms with Gasteiger partial charge in [-0.3, -0.25) is 0 Å². The van der Waals surface area contributed by atoms with Crippen LogP contribution in [0.1, 0.15) is 39.0 Å². The first-order valence-corrected chi connectivity index (χ1v) is 9.00. The second-order valence-corrected chi connectivity index (χ2v) is 6.78. The van der Waals surface area contributed by atoms with Crippen molar-refractivity contribution in [2.24, 2.45) is 11.8 Å². The van der Waals surface area contributed by atoms with Gasteiger partial charge in [0.2, 0.25) is 0 Å². The molecule has 2 fully saturated rings. The van der Waals surface area contributed by atoms with E-state index in [0.717, 1.165) is 28.7 Å². The second-order valence-electron chi connectivity index (χ2n) is 6.78. The normalized spacial score (nSPS) is 23.6. The van der Waals surface area contributed by atoms with E-state index in [4.69, 9.17) is 0 Å². The summed E-state index contributed by atoms with van der Waals surface area (Å²) in [5, 5.41) is 4.01. The number of anilines is 1.